The van der Waals surface area contributed by atoms with E-state index in [0.29, 0.717) is 34.6 Å². The lowest BCUT2D eigenvalue weighted by Crippen LogP contribution is -2.34. The summed E-state index contributed by atoms with van der Waals surface area (Å²) in [4.78, 5) is 61.1. The molecule has 0 spiro atoms. The Morgan fingerprint density at radius 3 is 1.84 bits per heavy atom. The summed E-state index contributed by atoms with van der Waals surface area (Å²) in [6, 6.07) is 29.4. The third kappa shape index (κ3) is 13.3. The van der Waals surface area contributed by atoms with Gasteiger partial charge < -0.3 is 14.8 Å². The molecule has 0 fully saturated rings. The molecule has 1 aliphatic carbocycles. The van der Waals surface area contributed by atoms with E-state index in [0.717, 1.165) is 24.8 Å². The number of ether oxygens (including phenoxy) is 2. The quantitative estimate of drug-likeness (QED) is 0.0806. The van der Waals surface area contributed by atoms with Crippen molar-refractivity contribution in [3.63, 3.8) is 0 Å². The van der Waals surface area contributed by atoms with Crippen molar-refractivity contribution in [3.8, 4) is 5.75 Å². The first-order valence-electron chi connectivity index (χ1n) is 19.4. The fourth-order valence-electron chi connectivity index (χ4n) is 6.26. The van der Waals surface area contributed by atoms with Gasteiger partial charge in [-0.05, 0) is 61.7 Å². The van der Waals surface area contributed by atoms with Crippen LogP contribution in [-0.2, 0) is 9.53 Å². The Morgan fingerprint density at radius 2 is 1.23 bits per heavy atom. The maximum Gasteiger partial charge on any atom is 0.326 e. The molecule has 10 heteroatoms. The third-order valence-electron chi connectivity index (χ3n) is 9.24. The molecular weight excluding hydrogens is 728 g/mol. The van der Waals surface area contributed by atoms with Gasteiger partial charge in [0.1, 0.15) is 11.9 Å². The van der Waals surface area contributed by atoms with E-state index in [1.165, 1.54) is 51.9 Å². The monoisotopic (exact) mass is 778 g/mol. The molecule has 0 heterocycles. The molecule has 1 aliphatic rings. The van der Waals surface area contributed by atoms with Crippen molar-refractivity contribution < 1.29 is 33.4 Å². The van der Waals surface area contributed by atoms with Gasteiger partial charge in [-0.25, -0.2) is 4.79 Å². The number of anilines is 1. The number of Topliss-reactive ketones (excluding diaryl/α,β-unsaturated/α-hetero) is 2. The average molecular weight is 779 g/mol. The fourth-order valence-corrected chi connectivity index (χ4v) is 6.48. The predicted molar refractivity (Wildman–Crippen MR) is 220 cm³/mol. The molecule has 1 atom stereocenters. The highest BCUT2D eigenvalue weighted by atomic mass is 35.5. The molecule has 0 radical (unpaired) electrons. The van der Waals surface area contributed by atoms with Crippen molar-refractivity contribution in [1.82, 2.24) is 5.32 Å². The van der Waals surface area contributed by atoms with Crippen molar-refractivity contribution in [2.75, 3.05) is 5.32 Å². The van der Waals surface area contributed by atoms with Gasteiger partial charge in [0.05, 0.1) is 10.6 Å². The van der Waals surface area contributed by atoms with Crippen LogP contribution in [0, 0.1) is 0 Å². The van der Waals surface area contributed by atoms with Crippen molar-refractivity contribution in [2.45, 2.75) is 97.5 Å². The van der Waals surface area contributed by atoms with Gasteiger partial charge in [0.2, 0.25) is 5.78 Å². The van der Waals surface area contributed by atoms with Crippen LogP contribution in [0.5, 0.6) is 5.75 Å². The number of esters is 1. The highest BCUT2D eigenvalue weighted by Gasteiger charge is 2.33. The van der Waals surface area contributed by atoms with Gasteiger partial charge in [-0.3, -0.25) is 24.5 Å². The second-order valence-electron chi connectivity index (χ2n) is 13.6. The minimum atomic E-state index is -0.642. The SMILES string of the molecule is CC(Oc1ccc(NC(=O)NC(=O)c2ccccc2Cl)cc1)c1ccccc1.CCCCCCCCCCCCC1=C(OC(C)=O)C(=O)c2ccccc2C1=O. The number of unbranched alkanes of at least 4 members (excludes halogenated alkanes) is 9. The van der Waals surface area contributed by atoms with Gasteiger partial charge >= 0.3 is 12.0 Å². The van der Waals surface area contributed by atoms with Gasteiger partial charge in [0, 0.05) is 29.3 Å². The molecule has 294 valence electrons. The number of benzene rings is 4. The van der Waals surface area contributed by atoms with Crippen LogP contribution in [0.2, 0.25) is 5.02 Å². The Balaban J connectivity index is 0.000000249. The number of urea groups is 1. The van der Waals surface area contributed by atoms with E-state index >= 15 is 0 Å². The maximum atomic E-state index is 12.8. The van der Waals surface area contributed by atoms with E-state index in [1.54, 1.807) is 72.8 Å². The van der Waals surface area contributed by atoms with Crippen LogP contribution >= 0.6 is 11.6 Å². The van der Waals surface area contributed by atoms with Crippen molar-refractivity contribution in [2.24, 2.45) is 0 Å². The summed E-state index contributed by atoms with van der Waals surface area (Å²) in [6.07, 6.45) is 12.3. The first-order valence-corrected chi connectivity index (χ1v) is 19.7. The minimum absolute atomic E-state index is 0.0767. The molecule has 3 amide bonds. The van der Waals surface area contributed by atoms with Crippen LogP contribution in [0.1, 0.15) is 134 Å². The lowest BCUT2D eigenvalue weighted by molar-refractivity contribution is -0.136. The summed E-state index contributed by atoms with van der Waals surface area (Å²) >= 11 is 5.96. The number of hydrogen-bond acceptors (Lipinski definition) is 7. The first kappa shape index (κ1) is 43.2. The van der Waals surface area contributed by atoms with Gasteiger partial charge in [0.25, 0.3) is 5.91 Å². The molecule has 9 nitrogen and oxygen atoms in total. The Bertz CT molecular complexity index is 1970. The van der Waals surface area contributed by atoms with Gasteiger partial charge in [-0.2, -0.15) is 0 Å². The van der Waals surface area contributed by atoms with E-state index in [2.05, 4.69) is 17.6 Å². The second-order valence-corrected chi connectivity index (χ2v) is 14.0. The second kappa shape index (κ2) is 22.7. The maximum absolute atomic E-state index is 12.8. The van der Waals surface area contributed by atoms with Crippen molar-refractivity contribution in [1.29, 1.82) is 0 Å². The van der Waals surface area contributed by atoms with Crippen LogP contribution in [-0.4, -0.2) is 29.5 Å². The van der Waals surface area contributed by atoms with Gasteiger partial charge in [0.15, 0.2) is 11.5 Å². The number of imide groups is 1. The van der Waals surface area contributed by atoms with E-state index in [1.807, 2.05) is 37.3 Å². The standard InChI is InChI=1S/C24H32O4.C22H19ClN2O3/c1-3-4-5-6-7-8-9-10-11-12-17-21-22(26)19-15-13-14-16-20(19)23(27)24(21)28-18(2)25;1-15(16-7-3-2-4-8-16)28-18-13-11-17(12-14-18)24-22(27)25-21(26)19-9-5-6-10-20(19)23/h13-16H,3-12,17H2,1-2H3;2-15H,1H3,(H2,24,25,26,27). The molecule has 0 saturated carbocycles. The van der Waals surface area contributed by atoms with E-state index in [9.17, 15) is 24.0 Å². The molecule has 56 heavy (non-hydrogen) atoms. The van der Waals surface area contributed by atoms with Gasteiger partial charge in [-0.15, -0.1) is 0 Å². The smallest absolute Gasteiger partial charge is 0.326 e. The van der Waals surface area contributed by atoms with Crippen LogP contribution in [0.25, 0.3) is 0 Å². The van der Waals surface area contributed by atoms with E-state index < -0.39 is 17.9 Å². The van der Waals surface area contributed by atoms with Crippen molar-refractivity contribution in [3.05, 3.63) is 142 Å². The lowest BCUT2D eigenvalue weighted by atomic mass is 9.86. The molecule has 0 aromatic heterocycles. The molecule has 4 aromatic carbocycles. The number of amides is 3. The van der Waals surface area contributed by atoms with E-state index in [4.69, 9.17) is 21.1 Å². The van der Waals surface area contributed by atoms with Crippen LogP contribution in [0.15, 0.2) is 114 Å². The average Bonchev–Trinajstić information content (AvgIpc) is 3.19. The zero-order valence-corrected chi connectivity index (χ0v) is 33.2. The number of hydrogen-bond donors (Lipinski definition) is 2. The molecule has 1 unspecified atom stereocenters. The summed E-state index contributed by atoms with van der Waals surface area (Å²) in [5.74, 6) is -1.10. The fraction of sp³-hybridized carbons (Fsp3) is 0.326. The lowest BCUT2D eigenvalue weighted by Gasteiger charge is -2.20. The van der Waals surface area contributed by atoms with Crippen LogP contribution in [0.4, 0.5) is 10.5 Å². The number of ketones is 2. The number of carbonyl (C=O) groups excluding carboxylic acids is 5. The topological polar surface area (TPSA) is 128 Å². The number of allylic oxidation sites excluding steroid dienone is 2. The highest BCUT2D eigenvalue weighted by molar-refractivity contribution is 6.34. The van der Waals surface area contributed by atoms with Gasteiger partial charge in [-0.1, -0.05) is 143 Å². The Morgan fingerprint density at radius 1 is 0.679 bits per heavy atom. The molecule has 0 bridgehead atoms. The number of nitrogens with one attached hydrogen (secondary N) is 2. The Hall–Kier alpha value is -5.54. The number of rotatable bonds is 17. The highest BCUT2D eigenvalue weighted by Crippen LogP contribution is 2.30. The van der Waals surface area contributed by atoms with Crippen LogP contribution < -0.4 is 15.4 Å². The Kier molecular flexibility index (Phi) is 17.5. The molecule has 2 N–H and O–H groups in total. The molecule has 0 aliphatic heterocycles. The number of halogens is 1. The Labute approximate surface area is 334 Å². The summed E-state index contributed by atoms with van der Waals surface area (Å²) in [5.41, 5.74) is 2.91. The number of fused-ring (bicyclic) bond motifs is 1. The molecule has 0 saturated heterocycles. The summed E-state index contributed by atoms with van der Waals surface area (Å²) in [5, 5.41) is 5.13. The zero-order chi connectivity index (χ0) is 40.3. The normalized spacial score (nSPS) is 12.5. The van der Waals surface area contributed by atoms with E-state index in [-0.39, 0.29) is 34.0 Å². The zero-order valence-electron chi connectivity index (χ0n) is 32.4. The minimum Gasteiger partial charge on any atom is -0.486 e. The molecule has 5 rings (SSSR count). The molecular formula is C46H51ClN2O7. The summed E-state index contributed by atoms with van der Waals surface area (Å²) in [7, 11) is 0. The summed E-state index contributed by atoms with van der Waals surface area (Å²) < 4.78 is 11.1. The summed E-state index contributed by atoms with van der Waals surface area (Å²) in [6.45, 7) is 5.45. The number of carbonyl (C=O) groups is 5. The molecule has 4 aromatic rings. The third-order valence-corrected chi connectivity index (χ3v) is 9.57. The van der Waals surface area contributed by atoms with Crippen LogP contribution in [0.3, 0.4) is 0 Å². The largest absolute Gasteiger partial charge is 0.486 e. The van der Waals surface area contributed by atoms with Crippen molar-refractivity contribution >= 4 is 46.8 Å². The first-order chi connectivity index (χ1) is 27.1. The predicted octanol–water partition coefficient (Wildman–Crippen LogP) is 11.6.